The zero-order valence-electron chi connectivity index (χ0n) is 17.6. The second-order valence-electron chi connectivity index (χ2n) is 7.81. The number of imidazole rings is 1. The molecule has 1 fully saturated rings. The Bertz CT molecular complexity index is 1400. The highest BCUT2D eigenvalue weighted by molar-refractivity contribution is 5.82. The van der Waals surface area contributed by atoms with Gasteiger partial charge in [-0.3, -0.25) is 0 Å². The van der Waals surface area contributed by atoms with Gasteiger partial charge in [-0.2, -0.15) is 9.61 Å². The zero-order valence-corrected chi connectivity index (χ0v) is 17.6. The van der Waals surface area contributed by atoms with Crippen molar-refractivity contribution in [1.82, 2.24) is 29.1 Å². The molecule has 1 aliphatic heterocycles. The maximum absolute atomic E-state index is 5.44. The summed E-state index contributed by atoms with van der Waals surface area (Å²) in [7, 11) is 1.99. The molecule has 1 aromatic carbocycles. The molecule has 32 heavy (non-hydrogen) atoms. The number of nitrogens with one attached hydrogen (secondary N) is 1. The number of hydrogen-bond acceptors (Lipinski definition) is 7. The minimum atomic E-state index is 0.748. The Hall–Kier alpha value is -3.98. The van der Waals surface area contributed by atoms with E-state index in [1.54, 1.807) is 10.7 Å². The number of nitrogens with zero attached hydrogens (tertiary/aromatic N) is 7. The third-order valence-corrected chi connectivity index (χ3v) is 5.76. The van der Waals surface area contributed by atoms with E-state index in [4.69, 9.17) is 9.72 Å². The van der Waals surface area contributed by atoms with Gasteiger partial charge < -0.3 is 19.5 Å². The Morgan fingerprint density at radius 3 is 2.75 bits per heavy atom. The summed E-state index contributed by atoms with van der Waals surface area (Å²) in [6.45, 7) is 3.28. The van der Waals surface area contributed by atoms with Gasteiger partial charge in [0, 0.05) is 37.8 Å². The lowest BCUT2D eigenvalue weighted by atomic mass is 10.1. The van der Waals surface area contributed by atoms with Gasteiger partial charge in [0.15, 0.2) is 5.65 Å². The van der Waals surface area contributed by atoms with Crippen molar-refractivity contribution >= 4 is 34.0 Å². The Kier molecular flexibility index (Phi) is 4.46. The number of anilines is 3. The lowest BCUT2D eigenvalue weighted by Crippen LogP contribution is -2.36. The number of benzene rings is 1. The van der Waals surface area contributed by atoms with Gasteiger partial charge in [0.1, 0.15) is 11.6 Å². The highest BCUT2D eigenvalue weighted by Gasteiger charge is 2.13. The van der Waals surface area contributed by atoms with Crippen LogP contribution in [0.2, 0.25) is 0 Å². The summed E-state index contributed by atoms with van der Waals surface area (Å²) in [5, 5.41) is 7.83. The van der Waals surface area contributed by atoms with Gasteiger partial charge in [0.25, 0.3) is 0 Å². The maximum Gasteiger partial charge on any atom is 0.157 e. The van der Waals surface area contributed by atoms with Crippen LogP contribution >= 0.6 is 0 Å². The molecule has 0 saturated carbocycles. The largest absolute Gasteiger partial charge is 0.378 e. The molecule has 0 bridgehead atoms. The molecule has 160 valence electrons. The van der Waals surface area contributed by atoms with Crippen LogP contribution in [0, 0.1) is 0 Å². The molecule has 6 rings (SSSR count). The molecule has 0 aliphatic carbocycles. The van der Waals surface area contributed by atoms with Gasteiger partial charge in [0.05, 0.1) is 54.3 Å². The Morgan fingerprint density at radius 2 is 1.91 bits per heavy atom. The van der Waals surface area contributed by atoms with E-state index in [-0.39, 0.29) is 0 Å². The first-order chi connectivity index (χ1) is 15.7. The van der Waals surface area contributed by atoms with Crippen LogP contribution in [0.15, 0.2) is 61.2 Å². The summed E-state index contributed by atoms with van der Waals surface area (Å²) < 4.78 is 9.23. The van der Waals surface area contributed by atoms with Crippen LogP contribution in [0.1, 0.15) is 0 Å². The lowest BCUT2D eigenvalue weighted by Gasteiger charge is -2.28. The average molecular weight is 426 g/mol. The maximum atomic E-state index is 5.44. The molecular formula is C23H22N8O. The van der Waals surface area contributed by atoms with Crippen LogP contribution in [0.4, 0.5) is 17.3 Å². The number of rotatable bonds is 4. The summed E-state index contributed by atoms with van der Waals surface area (Å²) in [5.74, 6) is 1.55. The predicted octanol–water partition coefficient (Wildman–Crippen LogP) is 3.26. The normalized spacial score (nSPS) is 14.3. The van der Waals surface area contributed by atoms with E-state index >= 15 is 0 Å². The number of fused-ring (bicyclic) bond motifs is 2. The molecule has 4 aromatic heterocycles. The first kappa shape index (κ1) is 18.8. The van der Waals surface area contributed by atoms with Crippen molar-refractivity contribution in [2.24, 2.45) is 7.05 Å². The highest BCUT2D eigenvalue weighted by Crippen LogP contribution is 2.27. The number of aryl methyl sites for hydroxylation is 1. The molecule has 9 nitrogen and oxygen atoms in total. The molecule has 1 N–H and O–H groups in total. The SMILES string of the molecule is Cn1cnc2ccc(-c3cc(Nc4ccc(N5CCOCC5)cn4)n4nccc4n3)cc21. The fraction of sp³-hybridized carbons (Fsp3) is 0.217. The Labute approximate surface area is 184 Å². The summed E-state index contributed by atoms with van der Waals surface area (Å²) in [6.07, 6.45) is 5.46. The van der Waals surface area contributed by atoms with Crippen molar-refractivity contribution in [3.05, 3.63) is 61.2 Å². The van der Waals surface area contributed by atoms with Gasteiger partial charge >= 0.3 is 0 Å². The first-order valence-corrected chi connectivity index (χ1v) is 10.6. The van der Waals surface area contributed by atoms with Crippen molar-refractivity contribution in [2.45, 2.75) is 0 Å². The number of aromatic nitrogens is 6. The fourth-order valence-electron chi connectivity index (χ4n) is 4.04. The van der Waals surface area contributed by atoms with E-state index in [1.807, 2.05) is 54.5 Å². The van der Waals surface area contributed by atoms with Gasteiger partial charge in [-0.25, -0.2) is 15.0 Å². The molecule has 5 aromatic rings. The first-order valence-electron chi connectivity index (χ1n) is 10.6. The van der Waals surface area contributed by atoms with Crippen molar-refractivity contribution in [3.63, 3.8) is 0 Å². The van der Waals surface area contributed by atoms with Crippen molar-refractivity contribution in [3.8, 4) is 11.3 Å². The Morgan fingerprint density at radius 1 is 1.00 bits per heavy atom. The molecular weight excluding hydrogens is 404 g/mol. The number of hydrogen-bond donors (Lipinski definition) is 1. The minimum absolute atomic E-state index is 0.748. The van der Waals surface area contributed by atoms with Gasteiger partial charge in [0.2, 0.25) is 0 Å². The van der Waals surface area contributed by atoms with Gasteiger partial charge in [-0.05, 0) is 24.3 Å². The number of ether oxygens (including phenoxy) is 1. The van der Waals surface area contributed by atoms with Crippen molar-refractivity contribution < 1.29 is 4.74 Å². The van der Waals surface area contributed by atoms with E-state index in [1.165, 1.54) is 0 Å². The fourth-order valence-corrected chi connectivity index (χ4v) is 4.04. The standard InChI is InChI=1S/C23H22N8O/c1-29-15-25-18-4-2-16(12-20(18)29)19-13-23(31-22(27-19)6-7-26-31)28-21-5-3-17(14-24-21)30-8-10-32-11-9-30/h2-7,12-15H,8-11H2,1H3,(H,24,28). The second kappa shape index (κ2) is 7.61. The summed E-state index contributed by atoms with van der Waals surface area (Å²) in [5.41, 5.74) is 5.76. The van der Waals surface area contributed by atoms with Gasteiger partial charge in [-0.1, -0.05) is 6.07 Å². The monoisotopic (exact) mass is 426 g/mol. The van der Waals surface area contributed by atoms with Crippen molar-refractivity contribution in [1.29, 1.82) is 0 Å². The molecule has 1 saturated heterocycles. The van der Waals surface area contributed by atoms with Crippen LogP contribution in [0.25, 0.3) is 27.9 Å². The number of pyridine rings is 1. The van der Waals surface area contributed by atoms with Crippen LogP contribution < -0.4 is 10.2 Å². The topological polar surface area (TPSA) is 85.4 Å². The van der Waals surface area contributed by atoms with Crippen LogP contribution in [-0.2, 0) is 11.8 Å². The smallest absolute Gasteiger partial charge is 0.157 e. The van der Waals surface area contributed by atoms with E-state index in [9.17, 15) is 0 Å². The highest BCUT2D eigenvalue weighted by atomic mass is 16.5. The minimum Gasteiger partial charge on any atom is -0.378 e. The molecule has 0 spiro atoms. The molecule has 1 aliphatic rings. The third-order valence-electron chi connectivity index (χ3n) is 5.76. The molecule has 0 amide bonds. The lowest BCUT2D eigenvalue weighted by molar-refractivity contribution is 0.122. The average Bonchev–Trinajstić information content (AvgIpc) is 3.47. The van der Waals surface area contributed by atoms with E-state index in [0.717, 1.165) is 71.6 Å². The van der Waals surface area contributed by atoms with Crippen LogP contribution in [-0.4, -0.2) is 55.4 Å². The Balaban J connectivity index is 1.34. The number of morpholine rings is 1. The molecule has 9 heteroatoms. The molecule has 0 atom stereocenters. The molecule has 0 radical (unpaired) electrons. The van der Waals surface area contributed by atoms with Crippen LogP contribution in [0.3, 0.4) is 0 Å². The van der Waals surface area contributed by atoms with E-state index in [2.05, 4.69) is 37.4 Å². The molecule has 5 heterocycles. The van der Waals surface area contributed by atoms with Crippen LogP contribution in [0.5, 0.6) is 0 Å². The molecule has 0 unspecified atom stereocenters. The van der Waals surface area contributed by atoms with E-state index < -0.39 is 0 Å². The summed E-state index contributed by atoms with van der Waals surface area (Å²) in [6, 6.07) is 14.1. The zero-order chi connectivity index (χ0) is 21.5. The van der Waals surface area contributed by atoms with Crippen molar-refractivity contribution in [2.75, 3.05) is 36.5 Å². The third kappa shape index (κ3) is 3.32. The second-order valence-corrected chi connectivity index (χ2v) is 7.81. The summed E-state index contributed by atoms with van der Waals surface area (Å²) in [4.78, 5) is 16.1. The predicted molar refractivity (Wildman–Crippen MR) is 123 cm³/mol. The quantitative estimate of drug-likeness (QED) is 0.472. The van der Waals surface area contributed by atoms with Gasteiger partial charge in [-0.15, -0.1) is 0 Å². The summed E-state index contributed by atoms with van der Waals surface area (Å²) >= 11 is 0. The van der Waals surface area contributed by atoms with E-state index in [0.29, 0.717) is 0 Å².